The summed E-state index contributed by atoms with van der Waals surface area (Å²) >= 11 is 1.49. The molecule has 1 N–H and O–H groups in total. The van der Waals surface area contributed by atoms with Gasteiger partial charge in [0.2, 0.25) is 0 Å². The second-order valence-electron chi connectivity index (χ2n) is 2.36. The van der Waals surface area contributed by atoms with Crippen LogP contribution in [0.25, 0.3) is 0 Å². The van der Waals surface area contributed by atoms with E-state index in [1.807, 2.05) is 0 Å². The van der Waals surface area contributed by atoms with E-state index in [1.165, 1.54) is 18.2 Å². The Bertz CT molecular complexity index is 104. The van der Waals surface area contributed by atoms with E-state index >= 15 is 0 Å². The summed E-state index contributed by atoms with van der Waals surface area (Å²) < 4.78 is 0. The van der Waals surface area contributed by atoms with Crippen molar-refractivity contribution >= 4 is 17.7 Å². The van der Waals surface area contributed by atoms with Gasteiger partial charge < -0.3 is 5.11 Å². The molecule has 1 radical (unpaired) electrons. The van der Waals surface area contributed by atoms with Gasteiger partial charge in [0.1, 0.15) is 0 Å². The lowest BCUT2D eigenvalue weighted by atomic mass is 10.2. The summed E-state index contributed by atoms with van der Waals surface area (Å²) in [5.41, 5.74) is 0. The van der Waals surface area contributed by atoms with Gasteiger partial charge in [-0.1, -0.05) is 26.2 Å². The van der Waals surface area contributed by atoms with Crippen LogP contribution in [-0.4, -0.2) is 22.6 Å². The maximum absolute atomic E-state index is 10.1. The van der Waals surface area contributed by atoms with Crippen molar-refractivity contribution in [3.8, 4) is 0 Å². The Hall–Kier alpha value is -0.180. The molecule has 0 atom stereocenters. The molecular weight excluding hydrogens is 160 g/mol. The van der Waals surface area contributed by atoms with Gasteiger partial charge in [0.25, 0.3) is 0 Å². The van der Waals surface area contributed by atoms with Crippen molar-refractivity contribution in [1.29, 1.82) is 0 Å². The molecule has 0 bridgehead atoms. The first-order valence-corrected chi connectivity index (χ1v) is 5.01. The molecule has 0 aromatic carbocycles. The highest BCUT2D eigenvalue weighted by molar-refractivity contribution is 7.99. The van der Waals surface area contributed by atoms with E-state index in [-0.39, 0.29) is 5.75 Å². The summed E-state index contributed by atoms with van der Waals surface area (Å²) in [5, 5.41) is 8.29. The zero-order valence-corrected chi connectivity index (χ0v) is 7.53. The molecule has 3 heteroatoms. The Kier molecular flexibility index (Phi) is 7.79. The van der Waals surface area contributed by atoms with E-state index in [2.05, 4.69) is 6.92 Å². The average molecular weight is 175 g/mol. The summed E-state index contributed by atoms with van der Waals surface area (Å²) in [6.45, 7) is 3.73. The minimum Gasteiger partial charge on any atom is -0.481 e. The topological polar surface area (TPSA) is 37.3 Å². The molecule has 2 nitrogen and oxygen atoms in total. The Balaban J connectivity index is 2.85. The fourth-order valence-electron chi connectivity index (χ4n) is 0.717. The van der Waals surface area contributed by atoms with Gasteiger partial charge in [0.15, 0.2) is 0 Å². The van der Waals surface area contributed by atoms with Gasteiger partial charge in [0, 0.05) is 0 Å². The van der Waals surface area contributed by atoms with E-state index in [4.69, 9.17) is 5.11 Å². The lowest BCUT2D eigenvalue weighted by Crippen LogP contribution is -1.98. The smallest absolute Gasteiger partial charge is 0.313 e. The standard InChI is InChI=1S/C8H15O2S/c1-2-3-4-5-6-11-7-8(9)10/h1-7H2,(H,9,10). The number of hydrogen-bond acceptors (Lipinski definition) is 2. The zero-order chi connectivity index (χ0) is 8.53. The fourth-order valence-corrected chi connectivity index (χ4v) is 1.44. The van der Waals surface area contributed by atoms with Crippen molar-refractivity contribution in [2.24, 2.45) is 0 Å². The average Bonchev–Trinajstić information content (AvgIpc) is 1.96. The predicted molar refractivity (Wildman–Crippen MR) is 48.8 cm³/mol. The van der Waals surface area contributed by atoms with E-state index in [0.717, 1.165) is 25.0 Å². The first-order chi connectivity index (χ1) is 5.27. The third-order valence-corrected chi connectivity index (χ3v) is 2.29. The number of hydrogen-bond donors (Lipinski definition) is 1. The van der Waals surface area contributed by atoms with E-state index < -0.39 is 5.97 Å². The molecule has 0 amide bonds. The lowest BCUT2D eigenvalue weighted by molar-refractivity contribution is -0.133. The van der Waals surface area contributed by atoms with Gasteiger partial charge in [0.05, 0.1) is 5.75 Å². The van der Waals surface area contributed by atoms with Crippen molar-refractivity contribution < 1.29 is 9.90 Å². The highest BCUT2D eigenvalue weighted by atomic mass is 32.2. The number of carbonyl (C=O) groups is 1. The van der Waals surface area contributed by atoms with Crippen LogP contribution in [0.3, 0.4) is 0 Å². The number of thioether (sulfide) groups is 1. The quantitative estimate of drug-likeness (QED) is 0.603. The van der Waals surface area contributed by atoms with Crippen molar-refractivity contribution in [3.05, 3.63) is 6.92 Å². The second-order valence-corrected chi connectivity index (χ2v) is 3.47. The molecule has 0 heterocycles. The van der Waals surface area contributed by atoms with Crippen LogP contribution in [0.1, 0.15) is 25.7 Å². The van der Waals surface area contributed by atoms with Gasteiger partial charge >= 0.3 is 5.97 Å². The second kappa shape index (κ2) is 7.92. The fraction of sp³-hybridized carbons (Fsp3) is 0.750. The molecule has 0 aromatic heterocycles. The van der Waals surface area contributed by atoms with Crippen LogP contribution in [0.5, 0.6) is 0 Å². The molecule has 0 fully saturated rings. The Morgan fingerprint density at radius 1 is 1.36 bits per heavy atom. The molecule has 11 heavy (non-hydrogen) atoms. The maximum Gasteiger partial charge on any atom is 0.313 e. The van der Waals surface area contributed by atoms with Crippen LogP contribution in [0, 0.1) is 6.92 Å². The minimum absolute atomic E-state index is 0.240. The third-order valence-electron chi connectivity index (χ3n) is 1.26. The summed E-state index contributed by atoms with van der Waals surface area (Å²) in [4.78, 5) is 10.1. The van der Waals surface area contributed by atoms with E-state index in [9.17, 15) is 4.79 Å². The maximum atomic E-state index is 10.1. The van der Waals surface area contributed by atoms with Crippen molar-refractivity contribution in [2.75, 3.05) is 11.5 Å². The number of carboxylic acids is 1. The van der Waals surface area contributed by atoms with Crippen LogP contribution < -0.4 is 0 Å². The van der Waals surface area contributed by atoms with Crippen molar-refractivity contribution in [2.45, 2.75) is 25.7 Å². The van der Waals surface area contributed by atoms with Crippen LogP contribution in [0.2, 0.25) is 0 Å². The zero-order valence-electron chi connectivity index (χ0n) is 6.71. The Morgan fingerprint density at radius 3 is 2.64 bits per heavy atom. The molecule has 65 valence electrons. The number of carboxylic acid groups (broad SMARTS) is 1. The van der Waals surface area contributed by atoms with Crippen LogP contribution in [-0.2, 0) is 4.79 Å². The first kappa shape index (κ1) is 10.8. The lowest BCUT2D eigenvalue weighted by Gasteiger charge is -1.97. The van der Waals surface area contributed by atoms with Crippen molar-refractivity contribution in [3.63, 3.8) is 0 Å². The van der Waals surface area contributed by atoms with Gasteiger partial charge in [-0.2, -0.15) is 11.8 Å². The summed E-state index contributed by atoms with van der Waals surface area (Å²) in [6.07, 6.45) is 4.45. The largest absolute Gasteiger partial charge is 0.481 e. The van der Waals surface area contributed by atoms with Gasteiger partial charge in [-0.15, -0.1) is 0 Å². The number of aliphatic carboxylic acids is 1. The van der Waals surface area contributed by atoms with Crippen LogP contribution in [0.15, 0.2) is 0 Å². The van der Waals surface area contributed by atoms with Gasteiger partial charge in [-0.05, 0) is 12.2 Å². The van der Waals surface area contributed by atoms with Crippen LogP contribution >= 0.6 is 11.8 Å². The van der Waals surface area contributed by atoms with Gasteiger partial charge in [-0.25, -0.2) is 0 Å². The molecule has 0 rings (SSSR count). The molecule has 0 saturated carbocycles. The summed E-state index contributed by atoms with van der Waals surface area (Å²) in [6, 6.07) is 0. The van der Waals surface area contributed by atoms with Crippen LogP contribution in [0.4, 0.5) is 0 Å². The number of rotatable bonds is 7. The van der Waals surface area contributed by atoms with E-state index in [1.54, 1.807) is 0 Å². The Morgan fingerprint density at radius 2 is 2.09 bits per heavy atom. The molecular formula is C8H15O2S. The molecule has 0 unspecified atom stereocenters. The molecule has 0 aliphatic carbocycles. The highest BCUT2D eigenvalue weighted by Gasteiger charge is 1.95. The number of unbranched alkanes of at least 4 members (excludes halogenated alkanes) is 3. The summed E-state index contributed by atoms with van der Waals surface area (Å²) in [5.74, 6) is 0.489. The van der Waals surface area contributed by atoms with Gasteiger partial charge in [-0.3, -0.25) is 4.79 Å². The highest BCUT2D eigenvalue weighted by Crippen LogP contribution is 2.06. The summed E-state index contributed by atoms with van der Waals surface area (Å²) in [7, 11) is 0. The molecule has 0 saturated heterocycles. The normalized spacial score (nSPS) is 9.91. The minimum atomic E-state index is -0.716. The third kappa shape index (κ3) is 9.82. The molecule has 0 spiro atoms. The Labute approximate surface area is 72.4 Å². The first-order valence-electron chi connectivity index (χ1n) is 3.86. The monoisotopic (exact) mass is 175 g/mol. The molecule has 0 aliphatic heterocycles. The van der Waals surface area contributed by atoms with E-state index in [0.29, 0.717) is 0 Å². The SMILES string of the molecule is [CH2]CCCCCSCC(=O)O. The molecule has 0 aliphatic rings. The molecule has 0 aromatic rings. The predicted octanol–water partition coefficient (Wildman–Crippen LogP) is 2.20. The van der Waals surface area contributed by atoms with Crippen molar-refractivity contribution in [1.82, 2.24) is 0 Å².